The Morgan fingerprint density at radius 1 is 0.806 bits per heavy atom. The predicted molar refractivity (Wildman–Crippen MR) is 141 cm³/mol. The maximum absolute atomic E-state index is 12.4. The van der Waals surface area contributed by atoms with Gasteiger partial charge in [0.05, 0.1) is 31.7 Å². The van der Waals surface area contributed by atoms with Gasteiger partial charge >= 0.3 is 0 Å². The van der Waals surface area contributed by atoms with E-state index in [0.29, 0.717) is 19.3 Å². The molecule has 3 atom stereocenters. The molecule has 36 heavy (non-hydrogen) atoms. The summed E-state index contributed by atoms with van der Waals surface area (Å²) in [6.07, 6.45) is 4.82. The highest BCUT2D eigenvalue weighted by Crippen LogP contribution is 2.45. The van der Waals surface area contributed by atoms with Gasteiger partial charge in [0.1, 0.15) is 11.5 Å². The molecule has 5 nitrogen and oxygen atoms in total. The lowest BCUT2D eigenvalue weighted by Gasteiger charge is -2.35. The lowest BCUT2D eigenvalue weighted by atomic mass is 9.98. The van der Waals surface area contributed by atoms with Crippen LogP contribution in [0, 0.1) is 0 Å². The molecule has 1 aliphatic carbocycles. The molecule has 0 aromatic heterocycles. The van der Waals surface area contributed by atoms with E-state index in [4.69, 9.17) is 18.9 Å². The Bertz CT molecular complexity index is 1130. The van der Waals surface area contributed by atoms with Gasteiger partial charge < -0.3 is 18.9 Å². The summed E-state index contributed by atoms with van der Waals surface area (Å²) < 4.78 is 24.2. The van der Waals surface area contributed by atoms with Crippen molar-refractivity contribution in [2.45, 2.75) is 47.4 Å². The van der Waals surface area contributed by atoms with Crippen molar-refractivity contribution in [3.8, 4) is 11.5 Å². The van der Waals surface area contributed by atoms with Gasteiger partial charge in [-0.2, -0.15) is 0 Å². The van der Waals surface area contributed by atoms with Gasteiger partial charge in [-0.15, -0.1) is 11.8 Å². The number of rotatable bonds is 8. The van der Waals surface area contributed by atoms with Crippen LogP contribution >= 0.6 is 11.8 Å². The number of hydrogen-bond donors (Lipinski definition) is 0. The van der Waals surface area contributed by atoms with E-state index in [9.17, 15) is 4.79 Å². The minimum absolute atomic E-state index is 0.0894. The summed E-state index contributed by atoms with van der Waals surface area (Å²) in [5.41, 5.74) is 2.29. The van der Waals surface area contributed by atoms with E-state index in [1.807, 2.05) is 48.5 Å². The van der Waals surface area contributed by atoms with E-state index in [2.05, 4.69) is 36.4 Å². The molecule has 5 rings (SSSR count). The third-order valence-electron chi connectivity index (χ3n) is 6.64. The minimum atomic E-state index is -0.970. The highest BCUT2D eigenvalue weighted by molar-refractivity contribution is 8.00. The lowest BCUT2D eigenvalue weighted by molar-refractivity contribution is -0.146. The first-order chi connectivity index (χ1) is 17.6. The Morgan fingerprint density at radius 3 is 1.83 bits per heavy atom. The number of ether oxygens (including phenoxy) is 4. The summed E-state index contributed by atoms with van der Waals surface area (Å²) in [6.45, 7) is 0. The Morgan fingerprint density at radius 2 is 1.33 bits per heavy atom. The second kappa shape index (κ2) is 10.9. The molecule has 1 fully saturated rings. The van der Waals surface area contributed by atoms with Gasteiger partial charge in [-0.1, -0.05) is 42.5 Å². The quantitative estimate of drug-likeness (QED) is 0.396. The highest BCUT2D eigenvalue weighted by Gasteiger charge is 2.53. The molecule has 0 radical (unpaired) electrons. The van der Waals surface area contributed by atoms with Crippen molar-refractivity contribution in [2.24, 2.45) is 0 Å². The van der Waals surface area contributed by atoms with E-state index in [-0.39, 0.29) is 23.2 Å². The highest BCUT2D eigenvalue weighted by atomic mass is 32.2. The van der Waals surface area contributed by atoms with E-state index in [0.717, 1.165) is 27.5 Å². The van der Waals surface area contributed by atoms with Crippen LogP contribution in [0.5, 0.6) is 11.5 Å². The number of benzene rings is 3. The Labute approximate surface area is 216 Å². The first-order valence-electron chi connectivity index (χ1n) is 12.1. The molecule has 1 aliphatic heterocycles. The molecule has 6 heteroatoms. The van der Waals surface area contributed by atoms with Crippen LogP contribution in [0.2, 0.25) is 0 Å². The molecule has 1 saturated heterocycles. The lowest BCUT2D eigenvalue weighted by Crippen LogP contribution is -2.44. The molecule has 0 N–H and O–H groups in total. The van der Waals surface area contributed by atoms with Gasteiger partial charge in [0.15, 0.2) is 5.78 Å². The van der Waals surface area contributed by atoms with Crippen molar-refractivity contribution in [3.05, 3.63) is 102 Å². The number of carbonyl (C=O) groups excluding carboxylic acids is 1. The second-order valence-corrected chi connectivity index (χ2v) is 10.3. The smallest absolute Gasteiger partial charge is 0.201 e. The topological polar surface area (TPSA) is 54.0 Å². The molecule has 1 spiro atoms. The number of ketones is 1. The number of hydrogen-bond acceptors (Lipinski definition) is 6. The second-order valence-electron chi connectivity index (χ2n) is 9.06. The van der Waals surface area contributed by atoms with E-state index >= 15 is 0 Å². The zero-order valence-electron chi connectivity index (χ0n) is 20.5. The maximum Gasteiger partial charge on any atom is 0.201 e. The van der Waals surface area contributed by atoms with Crippen LogP contribution in [0.25, 0.3) is 0 Å². The van der Waals surface area contributed by atoms with E-state index in [1.54, 1.807) is 32.1 Å². The molecule has 0 bridgehead atoms. The fraction of sp³-hybridized carbons (Fsp3) is 0.300. The summed E-state index contributed by atoms with van der Waals surface area (Å²) in [4.78, 5) is 13.5. The predicted octanol–water partition coefficient (Wildman–Crippen LogP) is 5.66. The molecule has 2 aliphatic rings. The van der Waals surface area contributed by atoms with E-state index in [1.165, 1.54) is 0 Å². The van der Waals surface area contributed by atoms with Crippen LogP contribution in [-0.4, -0.2) is 43.2 Å². The summed E-state index contributed by atoms with van der Waals surface area (Å²) in [5.74, 6) is 0.762. The molecule has 3 aromatic rings. The fourth-order valence-electron chi connectivity index (χ4n) is 4.71. The Balaban J connectivity index is 1.43. The standard InChI is InChI=1S/C30H30O5S/c1-32-24-12-8-21(9-13-24)18-27-28(19-22-10-14-25(33-2)15-11-22)35-30(34-27)17-16-23(31)20-29(30)36-26-6-4-3-5-7-26/h3-17,27-29H,18-20H2,1-2H3/t27-,28-,29?/m0/s1. The van der Waals surface area contributed by atoms with Crippen molar-refractivity contribution in [1.82, 2.24) is 0 Å². The van der Waals surface area contributed by atoms with Gasteiger partial charge in [-0.05, 0) is 59.7 Å². The summed E-state index contributed by atoms with van der Waals surface area (Å²) in [7, 11) is 3.33. The van der Waals surface area contributed by atoms with Crippen molar-refractivity contribution in [2.75, 3.05) is 14.2 Å². The largest absolute Gasteiger partial charge is 0.497 e. The number of allylic oxidation sites excluding steroid dienone is 1. The third kappa shape index (κ3) is 5.51. The molecule has 1 heterocycles. The zero-order valence-corrected chi connectivity index (χ0v) is 21.3. The Hall–Kier alpha value is -3.06. The van der Waals surface area contributed by atoms with Crippen molar-refractivity contribution in [1.29, 1.82) is 0 Å². The van der Waals surface area contributed by atoms with Crippen LogP contribution < -0.4 is 9.47 Å². The van der Waals surface area contributed by atoms with Crippen LogP contribution in [0.4, 0.5) is 0 Å². The maximum atomic E-state index is 12.4. The molecular formula is C30H30O5S. The van der Waals surface area contributed by atoms with Crippen LogP contribution in [0.1, 0.15) is 17.5 Å². The summed E-state index contributed by atoms with van der Waals surface area (Å²) in [6, 6.07) is 26.2. The average Bonchev–Trinajstić information content (AvgIpc) is 3.25. The Kier molecular flexibility index (Phi) is 7.46. The van der Waals surface area contributed by atoms with Crippen LogP contribution in [0.3, 0.4) is 0 Å². The molecule has 0 amide bonds. The fourth-order valence-corrected chi connectivity index (χ4v) is 5.96. The first-order valence-corrected chi connectivity index (χ1v) is 13.0. The van der Waals surface area contributed by atoms with Crippen molar-refractivity contribution >= 4 is 17.5 Å². The summed E-state index contributed by atoms with van der Waals surface area (Å²) >= 11 is 1.64. The van der Waals surface area contributed by atoms with Gasteiger partial charge in [0.2, 0.25) is 5.79 Å². The number of thioether (sulfide) groups is 1. The van der Waals surface area contributed by atoms with Crippen LogP contribution in [-0.2, 0) is 27.1 Å². The third-order valence-corrected chi connectivity index (χ3v) is 7.96. The van der Waals surface area contributed by atoms with Gasteiger partial charge in [0, 0.05) is 24.2 Å². The van der Waals surface area contributed by atoms with Gasteiger partial charge in [-0.3, -0.25) is 4.79 Å². The molecule has 186 valence electrons. The number of methoxy groups -OCH3 is 2. The van der Waals surface area contributed by atoms with Crippen LogP contribution in [0.15, 0.2) is 95.9 Å². The van der Waals surface area contributed by atoms with Gasteiger partial charge in [-0.25, -0.2) is 0 Å². The summed E-state index contributed by atoms with van der Waals surface area (Å²) in [5, 5.41) is -0.184. The first kappa shape index (κ1) is 24.6. The van der Waals surface area contributed by atoms with Gasteiger partial charge in [0.25, 0.3) is 0 Å². The molecule has 3 aromatic carbocycles. The van der Waals surface area contributed by atoms with E-state index < -0.39 is 5.79 Å². The molecule has 1 unspecified atom stereocenters. The SMILES string of the molecule is COc1ccc(C[C@@H]2OC3(C=CC(=O)CC3Sc3ccccc3)O[C@H]2Cc2ccc(OC)cc2)cc1. The minimum Gasteiger partial charge on any atom is -0.497 e. The number of carbonyl (C=O) groups is 1. The zero-order chi connectivity index (χ0) is 25.0. The normalized spacial score (nSPS) is 22.6. The molecule has 0 saturated carbocycles. The average molecular weight is 503 g/mol. The van der Waals surface area contributed by atoms with Crippen molar-refractivity contribution in [3.63, 3.8) is 0 Å². The molecular weight excluding hydrogens is 472 g/mol. The monoisotopic (exact) mass is 502 g/mol. The van der Waals surface area contributed by atoms with Crippen molar-refractivity contribution < 1.29 is 23.7 Å².